The third kappa shape index (κ3) is 2.17. The second-order valence-electron chi connectivity index (χ2n) is 4.68. The number of carbonyl (C=O) groups is 2. The molecule has 2 aliphatic rings. The van der Waals surface area contributed by atoms with Gasteiger partial charge >= 0.3 is 5.97 Å². The van der Waals surface area contributed by atoms with E-state index in [-0.39, 0.29) is 18.1 Å². The van der Waals surface area contributed by atoms with Crippen molar-refractivity contribution in [1.29, 1.82) is 0 Å². The first-order valence-electron chi connectivity index (χ1n) is 5.35. The molecule has 0 aromatic carbocycles. The van der Waals surface area contributed by atoms with Crippen LogP contribution >= 0.6 is 0 Å². The van der Waals surface area contributed by atoms with Crippen LogP contribution in [0.25, 0.3) is 0 Å². The first kappa shape index (κ1) is 11.3. The second kappa shape index (κ2) is 4.03. The van der Waals surface area contributed by atoms with Crippen LogP contribution in [0, 0.1) is 5.92 Å². The predicted octanol–water partition coefficient (Wildman–Crippen LogP) is -1.09. The van der Waals surface area contributed by atoms with E-state index in [1.54, 1.807) is 0 Å². The SMILES string of the molecule is CC1(OCC(=O)N2CC(C(=O)O)C2)CNC1. The van der Waals surface area contributed by atoms with Crippen molar-refractivity contribution in [3.63, 3.8) is 0 Å². The van der Waals surface area contributed by atoms with Crippen LogP contribution in [0.1, 0.15) is 6.92 Å². The number of ether oxygens (including phenoxy) is 1. The van der Waals surface area contributed by atoms with Crippen molar-refractivity contribution in [2.24, 2.45) is 5.92 Å². The average Bonchev–Trinajstić information content (AvgIpc) is 2.08. The van der Waals surface area contributed by atoms with Crippen LogP contribution in [0.3, 0.4) is 0 Å². The van der Waals surface area contributed by atoms with Crippen molar-refractivity contribution in [3.05, 3.63) is 0 Å². The van der Waals surface area contributed by atoms with E-state index in [1.807, 2.05) is 6.92 Å². The fourth-order valence-electron chi connectivity index (χ4n) is 1.74. The number of carboxylic acids is 1. The Morgan fingerprint density at radius 3 is 2.56 bits per heavy atom. The van der Waals surface area contributed by atoms with Gasteiger partial charge in [-0.15, -0.1) is 0 Å². The molecule has 1 amide bonds. The molecule has 0 saturated carbocycles. The molecule has 2 N–H and O–H groups in total. The Kier molecular flexibility index (Phi) is 2.86. The lowest BCUT2D eigenvalue weighted by molar-refractivity contribution is -0.159. The molecule has 2 fully saturated rings. The normalized spacial score (nSPS) is 23.4. The van der Waals surface area contributed by atoms with Gasteiger partial charge in [0.25, 0.3) is 0 Å². The van der Waals surface area contributed by atoms with Gasteiger partial charge in [0.1, 0.15) is 6.61 Å². The van der Waals surface area contributed by atoms with E-state index in [2.05, 4.69) is 5.32 Å². The fraction of sp³-hybridized carbons (Fsp3) is 0.800. The highest BCUT2D eigenvalue weighted by atomic mass is 16.5. The van der Waals surface area contributed by atoms with Gasteiger partial charge in [0.2, 0.25) is 5.91 Å². The minimum absolute atomic E-state index is 0.0461. The molecule has 2 saturated heterocycles. The molecular formula is C10H16N2O4. The molecule has 0 aliphatic carbocycles. The van der Waals surface area contributed by atoms with Crippen molar-refractivity contribution in [2.45, 2.75) is 12.5 Å². The second-order valence-corrected chi connectivity index (χ2v) is 4.68. The standard InChI is InChI=1S/C10H16N2O4/c1-10(5-11-6-10)16-4-8(13)12-2-7(3-12)9(14)15/h7,11H,2-6H2,1H3,(H,14,15). The lowest BCUT2D eigenvalue weighted by Gasteiger charge is -2.41. The monoisotopic (exact) mass is 228 g/mol. The summed E-state index contributed by atoms with van der Waals surface area (Å²) in [5, 5.41) is 11.7. The van der Waals surface area contributed by atoms with Crippen LogP contribution in [-0.2, 0) is 14.3 Å². The van der Waals surface area contributed by atoms with Crippen molar-refractivity contribution in [2.75, 3.05) is 32.8 Å². The van der Waals surface area contributed by atoms with Gasteiger partial charge in [-0.25, -0.2) is 0 Å². The minimum atomic E-state index is -0.833. The van der Waals surface area contributed by atoms with E-state index in [4.69, 9.17) is 9.84 Å². The van der Waals surface area contributed by atoms with Crippen molar-refractivity contribution < 1.29 is 19.4 Å². The number of aliphatic carboxylic acids is 1. The maximum atomic E-state index is 11.6. The number of nitrogens with one attached hydrogen (secondary N) is 1. The summed E-state index contributed by atoms with van der Waals surface area (Å²) in [6.07, 6.45) is 0. The quantitative estimate of drug-likeness (QED) is 0.639. The summed E-state index contributed by atoms with van der Waals surface area (Å²) in [4.78, 5) is 23.6. The van der Waals surface area contributed by atoms with Gasteiger partial charge in [0, 0.05) is 26.2 Å². The molecule has 0 bridgehead atoms. The summed E-state index contributed by atoms with van der Waals surface area (Å²) < 4.78 is 5.48. The van der Waals surface area contributed by atoms with E-state index in [1.165, 1.54) is 4.90 Å². The Bertz CT molecular complexity index is 308. The first-order valence-corrected chi connectivity index (χ1v) is 5.35. The summed E-state index contributed by atoms with van der Waals surface area (Å²) in [7, 11) is 0. The van der Waals surface area contributed by atoms with Gasteiger partial charge in [-0.1, -0.05) is 0 Å². The highest BCUT2D eigenvalue weighted by Crippen LogP contribution is 2.18. The molecule has 0 unspecified atom stereocenters. The van der Waals surface area contributed by atoms with Gasteiger partial charge < -0.3 is 20.1 Å². The lowest BCUT2D eigenvalue weighted by atomic mass is 9.99. The smallest absolute Gasteiger partial charge is 0.310 e. The molecule has 90 valence electrons. The third-order valence-electron chi connectivity index (χ3n) is 3.13. The third-order valence-corrected chi connectivity index (χ3v) is 3.13. The van der Waals surface area contributed by atoms with Crippen LogP contribution in [0.4, 0.5) is 0 Å². The zero-order valence-electron chi connectivity index (χ0n) is 9.23. The molecule has 0 atom stereocenters. The Labute approximate surface area is 93.6 Å². The van der Waals surface area contributed by atoms with Gasteiger partial charge in [-0.3, -0.25) is 9.59 Å². The fourth-order valence-corrected chi connectivity index (χ4v) is 1.74. The van der Waals surface area contributed by atoms with E-state index in [9.17, 15) is 9.59 Å². The maximum absolute atomic E-state index is 11.6. The predicted molar refractivity (Wildman–Crippen MR) is 54.9 cm³/mol. The molecule has 0 spiro atoms. The molecule has 2 heterocycles. The average molecular weight is 228 g/mol. The zero-order valence-corrected chi connectivity index (χ0v) is 9.23. The van der Waals surface area contributed by atoms with Crippen LogP contribution < -0.4 is 5.32 Å². The number of hydrogen-bond donors (Lipinski definition) is 2. The van der Waals surface area contributed by atoms with E-state index in [0.717, 1.165) is 13.1 Å². The van der Waals surface area contributed by atoms with E-state index >= 15 is 0 Å². The van der Waals surface area contributed by atoms with E-state index < -0.39 is 11.9 Å². The summed E-state index contributed by atoms with van der Waals surface area (Å²) >= 11 is 0. The van der Waals surface area contributed by atoms with Crippen LogP contribution in [0.2, 0.25) is 0 Å². The van der Waals surface area contributed by atoms with Crippen LogP contribution in [0.15, 0.2) is 0 Å². The first-order chi connectivity index (χ1) is 7.50. The maximum Gasteiger partial charge on any atom is 0.310 e. The van der Waals surface area contributed by atoms with Gasteiger partial charge in [0.15, 0.2) is 0 Å². The van der Waals surface area contributed by atoms with Crippen molar-refractivity contribution in [3.8, 4) is 0 Å². The van der Waals surface area contributed by atoms with Crippen molar-refractivity contribution >= 4 is 11.9 Å². The molecule has 0 aromatic heterocycles. The number of likely N-dealkylation sites (tertiary alicyclic amines) is 1. The Morgan fingerprint density at radius 1 is 1.50 bits per heavy atom. The number of carbonyl (C=O) groups excluding carboxylic acids is 1. The van der Waals surface area contributed by atoms with Gasteiger partial charge in [-0.05, 0) is 6.92 Å². The number of amides is 1. The highest BCUT2D eigenvalue weighted by Gasteiger charge is 2.37. The Hall–Kier alpha value is -1.14. The Morgan fingerprint density at radius 2 is 2.12 bits per heavy atom. The van der Waals surface area contributed by atoms with Crippen LogP contribution in [-0.4, -0.2) is 60.3 Å². The van der Waals surface area contributed by atoms with Crippen molar-refractivity contribution in [1.82, 2.24) is 10.2 Å². The Balaban J connectivity index is 1.68. The topological polar surface area (TPSA) is 78.9 Å². The largest absolute Gasteiger partial charge is 0.481 e. The molecule has 2 rings (SSSR count). The number of rotatable bonds is 4. The lowest BCUT2D eigenvalue weighted by Crippen LogP contribution is -2.60. The number of nitrogens with zero attached hydrogens (tertiary/aromatic N) is 1. The molecular weight excluding hydrogens is 212 g/mol. The molecule has 0 aromatic rings. The molecule has 2 aliphatic heterocycles. The molecule has 6 heteroatoms. The summed E-state index contributed by atoms with van der Waals surface area (Å²) in [6, 6.07) is 0. The molecule has 0 radical (unpaired) electrons. The van der Waals surface area contributed by atoms with Crippen LogP contribution in [0.5, 0.6) is 0 Å². The summed E-state index contributed by atoms with van der Waals surface area (Å²) in [6.45, 7) is 4.15. The van der Waals surface area contributed by atoms with E-state index in [0.29, 0.717) is 13.1 Å². The molecule has 16 heavy (non-hydrogen) atoms. The summed E-state index contributed by atoms with van der Waals surface area (Å²) in [5.41, 5.74) is -0.229. The van der Waals surface area contributed by atoms with Gasteiger partial charge in [0.05, 0.1) is 11.5 Å². The number of hydrogen-bond acceptors (Lipinski definition) is 4. The minimum Gasteiger partial charge on any atom is -0.481 e. The number of carboxylic acid groups (broad SMARTS) is 1. The van der Waals surface area contributed by atoms with Gasteiger partial charge in [-0.2, -0.15) is 0 Å². The summed E-state index contributed by atoms with van der Waals surface area (Å²) in [5.74, 6) is -1.35. The highest BCUT2D eigenvalue weighted by molar-refractivity contribution is 5.81. The molecule has 6 nitrogen and oxygen atoms in total. The zero-order chi connectivity index (χ0) is 11.8.